The van der Waals surface area contributed by atoms with Crippen LogP contribution in [0.1, 0.15) is 45.0 Å². The molecule has 2 aromatic heterocycles. The second-order valence-electron chi connectivity index (χ2n) is 5.48. The minimum absolute atomic E-state index is 0.267. The van der Waals surface area contributed by atoms with E-state index in [1.165, 1.54) is 16.2 Å². The summed E-state index contributed by atoms with van der Waals surface area (Å²) < 4.78 is 0. The number of pyridine rings is 1. The van der Waals surface area contributed by atoms with Crippen LogP contribution in [0.4, 0.5) is 5.13 Å². The number of H-pyrrole nitrogens is 1. The predicted molar refractivity (Wildman–Crippen MR) is 84.9 cm³/mol. The van der Waals surface area contributed by atoms with E-state index in [9.17, 15) is 14.7 Å². The lowest BCUT2D eigenvalue weighted by atomic mass is 10.0. The van der Waals surface area contributed by atoms with Crippen molar-refractivity contribution in [1.82, 2.24) is 9.97 Å². The minimum atomic E-state index is -0.632. The van der Waals surface area contributed by atoms with Gasteiger partial charge in [-0.05, 0) is 39.5 Å². The summed E-state index contributed by atoms with van der Waals surface area (Å²) >= 11 is 1.44. The van der Waals surface area contributed by atoms with E-state index in [-0.39, 0.29) is 11.3 Å². The van der Waals surface area contributed by atoms with E-state index in [0.29, 0.717) is 16.4 Å². The maximum atomic E-state index is 12.3. The molecule has 0 saturated heterocycles. The quantitative estimate of drug-likeness (QED) is 0.791. The van der Waals surface area contributed by atoms with E-state index in [1.54, 1.807) is 13.8 Å². The smallest absolute Gasteiger partial charge is 0.266 e. The van der Waals surface area contributed by atoms with Crippen molar-refractivity contribution in [2.45, 2.75) is 39.5 Å². The van der Waals surface area contributed by atoms with Crippen LogP contribution in [-0.4, -0.2) is 21.0 Å². The fraction of sp³-hybridized carbons (Fsp3) is 0.400. The minimum Gasteiger partial charge on any atom is -0.507 e. The number of fused-ring (bicyclic) bond motifs is 1. The van der Waals surface area contributed by atoms with Gasteiger partial charge in [-0.15, -0.1) is 11.3 Å². The van der Waals surface area contributed by atoms with Crippen molar-refractivity contribution in [2.75, 3.05) is 5.32 Å². The number of nitrogens with one attached hydrogen (secondary N) is 2. The first-order chi connectivity index (χ1) is 10.5. The second-order valence-corrected chi connectivity index (χ2v) is 6.56. The number of aryl methyl sites for hydroxylation is 3. The lowest BCUT2D eigenvalue weighted by molar-refractivity contribution is 0.102. The second kappa shape index (κ2) is 5.57. The molecule has 0 saturated carbocycles. The van der Waals surface area contributed by atoms with Crippen molar-refractivity contribution in [3.05, 3.63) is 37.7 Å². The molecule has 0 aromatic carbocycles. The van der Waals surface area contributed by atoms with Gasteiger partial charge in [0, 0.05) is 16.1 Å². The molecule has 0 aliphatic heterocycles. The monoisotopic (exact) mass is 319 g/mol. The average molecular weight is 319 g/mol. The molecule has 0 bridgehead atoms. The zero-order chi connectivity index (χ0) is 15.9. The summed E-state index contributed by atoms with van der Waals surface area (Å²) in [6.45, 7) is 3.33. The molecular weight excluding hydrogens is 302 g/mol. The Balaban J connectivity index is 1.91. The Hall–Kier alpha value is -2.15. The molecule has 0 spiro atoms. The number of rotatable bonds is 2. The van der Waals surface area contributed by atoms with Gasteiger partial charge in [0.2, 0.25) is 0 Å². The van der Waals surface area contributed by atoms with Crippen LogP contribution in [0.25, 0.3) is 0 Å². The molecular formula is C15H17N3O3S. The average Bonchev–Trinajstić information content (AvgIpc) is 2.87. The van der Waals surface area contributed by atoms with Gasteiger partial charge in [-0.1, -0.05) is 0 Å². The molecule has 3 N–H and O–H groups in total. The molecule has 1 aliphatic carbocycles. The number of amides is 1. The highest BCUT2D eigenvalue weighted by atomic mass is 32.1. The van der Waals surface area contributed by atoms with Gasteiger partial charge in [0.15, 0.2) is 5.13 Å². The third-order valence-electron chi connectivity index (χ3n) is 3.98. The van der Waals surface area contributed by atoms with Crippen LogP contribution < -0.4 is 10.9 Å². The fourth-order valence-corrected chi connectivity index (χ4v) is 3.62. The van der Waals surface area contributed by atoms with E-state index < -0.39 is 11.5 Å². The van der Waals surface area contributed by atoms with Crippen LogP contribution in [0.15, 0.2) is 4.79 Å². The highest BCUT2D eigenvalue weighted by molar-refractivity contribution is 7.15. The van der Waals surface area contributed by atoms with E-state index in [2.05, 4.69) is 15.3 Å². The summed E-state index contributed by atoms with van der Waals surface area (Å²) in [4.78, 5) is 32.4. The van der Waals surface area contributed by atoms with Crippen molar-refractivity contribution in [2.24, 2.45) is 0 Å². The van der Waals surface area contributed by atoms with Gasteiger partial charge in [0.05, 0.1) is 5.69 Å². The number of anilines is 1. The SMILES string of the molecule is Cc1[nH]c(=O)c(C(=O)Nc2nc3c(s2)CCCC3)c(O)c1C. The fourth-order valence-electron chi connectivity index (χ4n) is 2.57. The number of aromatic amines is 1. The number of aromatic nitrogens is 2. The summed E-state index contributed by atoms with van der Waals surface area (Å²) in [7, 11) is 0. The molecule has 0 radical (unpaired) electrons. The Morgan fingerprint density at radius 1 is 1.32 bits per heavy atom. The summed E-state index contributed by atoms with van der Waals surface area (Å²) in [5.74, 6) is -0.909. The number of nitrogens with zero attached hydrogens (tertiary/aromatic N) is 1. The van der Waals surface area contributed by atoms with Crippen molar-refractivity contribution in [3.63, 3.8) is 0 Å². The number of aromatic hydroxyl groups is 1. The Morgan fingerprint density at radius 2 is 2.05 bits per heavy atom. The number of carbonyl (C=O) groups is 1. The maximum absolute atomic E-state index is 12.3. The molecule has 116 valence electrons. The van der Waals surface area contributed by atoms with E-state index in [4.69, 9.17) is 0 Å². The van der Waals surface area contributed by atoms with Crippen molar-refractivity contribution >= 4 is 22.4 Å². The molecule has 3 rings (SSSR count). The zero-order valence-electron chi connectivity index (χ0n) is 12.4. The van der Waals surface area contributed by atoms with Crippen LogP contribution in [0.3, 0.4) is 0 Å². The standard InChI is InChI=1S/C15H17N3O3S/c1-7-8(2)16-13(20)11(12(7)19)14(21)18-15-17-9-5-3-4-6-10(9)22-15/h3-6H2,1-2H3,(H2,16,19,20)(H,17,18,21). The van der Waals surface area contributed by atoms with Crippen LogP contribution >= 0.6 is 11.3 Å². The summed E-state index contributed by atoms with van der Waals surface area (Å²) in [5, 5.41) is 13.2. The summed E-state index contributed by atoms with van der Waals surface area (Å²) in [6.07, 6.45) is 4.16. The number of carbonyl (C=O) groups excluding carboxylic acids is 1. The molecule has 0 atom stereocenters. The summed E-state index contributed by atoms with van der Waals surface area (Å²) in [6, 6.07) is 0. The van der Waals surface area contributed by atoms with Crippen LogP contribution in [-0.2, 0) is 12.8 Å². The molecule has 22 heavy (non-hydrogen) atoms. The Morgan fingerprint density at radius 3 is 2.77 bits per heavy atom. The van der Waals surface area contributed by atoms with Crippen LogP contribution in [0.2, 0.25) is 0 Å². The van der Waals surface area contributed by atoms with Gasteiger partial charge in [-0.2, -0.15) is 0 Å². The largest absolute Gasteiger partial charge is 0.507 e. The van der Waals surface area contributed by atoms with Crippen LogP contribution in [0.5, 0.6) is 5.75 Å². The lowest BCUT2D eigenvalue weighted by Gasteiger charge is -2.08. The first-order valence-electron chi connectivity index (χ1n) is 7.19. The molecule has 6 nitrogen and oxygen atoms in total. The Bertz CT molecular complexity index is 784. The first-order valence-corrected chi connectivity index (χ1v) is 8.01. The zero-order valence-corrected chi connectivity index (χ0v) is 13.3. The molecule has 2 aromatic rings. The maximum Gasteiger partial charge on any atom is 0.266 e. The normalized spacial score (nSPS) is 13.7. The van der Waals surface area contributed by atoms with E-state index in [0.717, 1.165) is 31.4 Å². The number of thiazole rings is 1. The van der Waals surface area contributed by atoms with Crippen molar-refractivity contribution in [3.8, 4) is 5.75 Å². The molecule has 2 heterocycles. The summed E-state index contributed by atoms with van der Waals surface area (Å²) in [5.41, 5.74) is 1.20. The third kappa shape index (κ3) is 2.52. The van der Waals surface area contributed by atoms with Gasteiger partial charge >= 0.3 is 0 Å². The van der Waals surface area contributed by atoms with E-state index in [1.807, 2.05) is 0 Å². The Kier molecular flexibility index (Phi) is 3.74. The van der Waals surface area contributed by atoms with Gasteiger partial charge in [0.25, 0.3) is 11.5 Å². The Labute approximate surface area is 131 Å². The number of hydrogen-bond donors (Lipinski definition) is 3. The molecule has 1 aliphatic rings. The molecule has 1 amide bonds. The highest BCUT2D eigenvalue weighted by Gasteiger charge is 2.22. The topological polar surface area (TPSA) is 95.1 Å². The first kappa shape index (κ1) is 14.8. The molecule has 7 heteroatoms. The van der Waals surface area contributed by atoms with Gasteiger partial charge in [-0.25, -0.2) is 4.98 Å². The predicted octanol–water partition coefficient (Wildman–Crippen LogP) is 2.28. The molecule has 0 unspecified atom stereocenters. The van der Waals surface area contributed by atoms with Crippen molar-refractivity contribution in [1.29, 1.82) is 0 Å². The van der Waals surface area contributed by atoms with Gasteiger partial charge in [0.1, 0.15) is 11.3 Å². The number of hydrogen-bond acceptors (Lipinski definition) is 5. The third-order valence-corrected chi connectivity index (χ3v) is 5.05. The molecule has 0 fully saturated rings. The van der Waals surface area contributed by atoms with E-state index >= 15 is 0 Å². The van der Waals surface area contributed by atoms with Crippen LogP contribution in [0, 0.1) is 13.8 Å². The van der Waals surface area contributed by atoms with Gasteiger partial charge in [-0.3, -0.25) is 14.9 Å². The lowest BCUT2D eigenvalue weighted by Crippen LogP contribution is -2.24. The van der Waals surface area contributed by atoms with Crippen molar-refractivity contribution < 1.29 is 9.90 Å². The van der Waals surface area contributed by atoms with Gasteiger partial charge < -0.3 is 10.1 Å². The highest BCUT2D eigenvalue weighted by Crippen LogP contribution is 2.30.